The summed E-state index contributed by atoms with van der Waals surface area (Å²) in [4.78, 5) is 31.4. The summed E-state index contributed by atoms with van der Waals surface area (Å²) in [6.07, 6.45) is 3.31. The van der Waals surface area contributed by atoms with E-state index in [4.69, 9.17) is 0 Å². The zero-order chi connectivity index (χ0) is 19.6. The summed E-state index contributed by atoms with van der Waals surface area (Å²) in [7, 11) is 0. The maximum Gasteiger partial charge on any atom is 0.295 e. The SMILES string of the molecule is CCCCN1C(=O)C(=O)/C(=C(/O)c2cc(C)ccc2C)C1c1ccccn1. The predicted molar refractivity (Wildman–Crippen MR) is 104 cm³/mol. The number of hydrogen-bond acceptors (Lipinski definition) is 4. The zero-order valence-corrected chi connectivity index (χ0v) is 15.9. The first-order chi connectivity index (χ1) is 13.0. The van der Waals surface area contributed by atoms with E-state index in [0.29, 0.717) is 17.8 Å². The molecule has 1 unspecified atom stereocenters. The Labute approximate surface area is 159 Å². The summed E-state index contributed by atoms with van der Waals surface area (Å²) in [5.74, 6) is -1.37. The molecule has 0 aliphatic carbocycles. The Bertz CT molecular complexity index is 903. The second-order valence-corrected chi connectivity index (χ2v) is 6.92. The number of pyridine rings is 1. The van der Waals surface area contributed by atoms with Gasteiger partial charge in [-0.1, -0.05) is 37.1 Å². The number of hydrogen-bond donors (Lipinski definition) is 1. The number of aliphatic hydroxyl groups excluding tert-OH is 1. The van der Waals surface area contributed by atoms with Crippen molar-refractivity contribution in [2.75, 3.05) is 6.54 Å². The Morgan fingerprint density at radius 3 is 2.63 bits per heavy atom. The third-order valence-electron chi connectivity index (χ3n) is 4.91. The van der Waals surface area contributed by atoms with Crippen LogP contribution in [0.2, 0.25) is 0 Å². The van der Waals surface area contributed by atoms with E-state index in [2.05, 4.69) is 4.98 Å². The minimum absolute atomic E-state index is 0.114. The predicted octanol–water partition coefficient (Wildman–Crippen LogP) is 3.92. The van der Waals surface area contributed by atoms with Crippen LogP contribution in [-0.2, 0) is 9.59 Å². The number of Topliss-reactive ketones (excluding diaryl/α,β-unsaturated/α-hetero) is 1. The molecule has 1 aromatic heterocycles. The number of carbonyl (C=O) groups excluding carboxylic acids is 2. The molecule has 0 bridgehead atoms. The smallest absolute Gasteiger partial charge is 0.295 e. The number of ketones is 1. The molecule has 1 atom stereocenters. The Hall–Kier alpha value is -2.95. The zero-order valence-electron chi connectivity index (χ0n) is 15.9. The van der Waals surface area contributed by atoms with Crippen LogP contribution in [-0.4, -0.2) is 33.2 Å². The number of aliphatic hydroxyl groups is 1. The average Bonchev–Trinajstić information content (AvgIpc) is 2.93. The minimum atomic E-state index is -0.669. The lowest BCUT2D eigenvalue weighted by Gasteiger charge is -2.24. The fourth-order valence-electron chi connectivity index (χ4n) is 3.42. The van der Waals surface area contributed by atoms with E-state index in [1.54, 1.807) is 18.3 Å². The molecule has 5 nitrogen and oxygen atoms in total. The standard InChI is InChI=1S/C22H24N2O3/c1-4-5-12-24-19(17-8-6-7-11-23-17)18(21(26)22(24)27)20(25)16-13-14(2)9-10-15(16)3/h6-11,13,19,25H,4-5,12H2,1-3H3/b20-18+. The summed E-state index contributed by atoms with van der Waals surface area (Å²) in [5, 5.41) is 11.0. The first kappa shape index (κ1) is 18.8. The molecule has 140 valence electrons. The average molecular weight is 364 g/mol. The molecule has 27 heavy (non-hydrogen) atoms. The van der Waals surface area contributed by atoms with Gasteiger partial charge in [-0.3, -0.25) is 14.6 Å². The fraction of sp³-hybridized carbons (Fsp3) is 0.318. The first-order valence-corrected chi connectivity index (χ1v) is 9.22. The summed E-state index contributed by atoms with van der Waals surface area (Å²) in [5.41, 5.74) is 3.09. The molecule has 0 spiro atoms. The van der Waals surface area contributed by atoms with Crippen molar-refractivity contribution >= 4 is 17.4 Å². The van der Waals surface area contributed by atoms with Crippen molar-refractivity contribution in [1.82, 2.24) is 9.88 Å². The topological polar surface area (TPSA) is 70.5 Å². The van der Waals surface area contributed by atoms with Gasteiger partial charge in [-0.2, -0.15) is 0 Å². The number of benzene rings is 1. The van der Waals surface area contributed by atoms with Gasteiger partial charge in [0, 0.05) is 18.3 Å². The highest BCUT2D eigenvalue weighted by Gasteiger charge is 2.46. The van der Waals surface area contributed by atoms with Gasteiger partial charge in [0.2, 0.25) is 0 Å². The number of nitrogens with zero attached hydrogens (tertiary/aromatic N) is 2. The maximum absolute atomic E-state index is 12.8. The van der Waals surface area contributed by atoms with E-state index in [0.717, 1.165) is 24.0 Å². The molecule has 2 heterocycles. The van der Waals surface area contributed by atoms with E-state index >= 15 is 0 Å². The lowest BCUT2D eigenvalue weighted by Crippen LogP contribution is -2.31. The van der Waals surface area contributed by atoms with Crippen LogP contribution in [0.15, 0.2) is 48.2 Å². The van der Waals surface area contributed by atoms with E-state index in [1.807, 2.05) is 45.0 Å². The molecule has 1 amide bonds. The van der Waals surface area contributed by atoms with E-state index in [1.165, 1.54) is 4.90 Å². The van der Waals surface area contributed by atoms with Crippen molar-refractivity contribution in [1.29, 1.82) is 0 Å². The van der Waals surface area contributed by atoms with Gasteiger partial charge in [-0.05, 0) is 44.0 Å². The third-order valence-corrected chi connectivity index (χ3v) is 4.91. The van der Waals surface area contributed by atoms with Crippen LogP contribution in [0.5, 0.6) is 0 Å². The summed E-state index contributed by atoms with van der Waals surface area (Å²) in [6, 6.07) is 10.4. The van der Waals surface area contributed by atoms with Gasteiger partial charge in [-0.15, -0.1) is 0 Å². The Morgan fingerprint density at radius 1 is 1.19 bits per heavy atom. The van der Waals surface area contributed by atoms with Gasteiger partial charge in [0.15, 0.2) is 0 Å². The van der Waals surface area contributed by atoms with Gasteiger partial charge in [0.05, 0.1) is 11.3 Å². The Kier molecular flexibility index (Phi) is 5.40. The highest BCUT2D eigenvalue weighted by molar-refractivity contribution is 6.46. The third kappa shape index (κ3) is 3.50. The normalized spacial score (nSPS) is 18.9. The number of amides is 1. The van der Waals surface area contributed by atoms with E-state index in [-0.39, 0.29) is 11.3 Å². The van der Waals surface area contributed by atoms with Gasteiger partial charge in [-0.25, -0.2) is 0 Å². The number of aromatic nitrogens is 1. The second kappa shape index (κ2) is 7.74. The van der Waals surface area contributed by atoms with Crippen LogP contribution in [0.1, 0.15) is 48.2 Å². The fourth-order valence-corrected chi connectivity index (χ4v) is 3.42. The van der Waals surface area contributed by atoms with Crippen molar-refractivity contribution in [3.63, 3.8) is 0 Å². The van der Waals surface area contributed by atoms with Gasteiger partial charge in [0.1, 0.15) is 11.8 Å². The number of likely N-dealkylation sites (tertiary alicyclic amines) is 1. The second-order valence-electron chi connectivity index (χ2n) is 6.92. The first-order valence-electron chi connectivity index (χ1n) is 9.22. The van der Waals surface area contributed by atoms with Gasteiger partial charge in [0.25, 0.3) is 11.7 Å². The van der Waals surface area contributed by atoms with Crippen LogP contribution in [0.3, 0.4) is 0 Å². The van der Waals surface area contributed by atoms with Crippen molar-refractivity contribution in [3.8, 4) is 0 Å². The molecule has 3 rings (SSSR count). The number of carbonyl (C=O) groups is 2. The summed E-state index contributed by atoms with van der Waals surface area (Å²) in [6.45, 7) is 6.28. The van der Waals surface area contributed by atoms with Gasteiger partial charge < -0.3 is 10.0 Å². The number of unbranched alkanes of at least 4 members (excludes halogenated alkanes) is 1. The highest BCUT2D eigenvalue weighted by atomic mass is 16.3. The van der Waals surface area contributed by atoms with Crippen LogP contribution < -0.4 is 0 Å². The molecule has 1 aliphatic heterocycles. The number of aryl methyl sites for hydroxylation is 2. The molecule has 0 radical (unpaired) electrons. The molecule has 1 aromatic carbocycles. The Morgan fingerprint density at radius 2 is 1.96 bits per heavy atom. The van der Waals surface area contributed by atoms with Crippen molar-refractivity contribution in [2.45, 2.75) is 39.7 Å². The highest BCUT2D eigenvalue weighted by Crippen LogP contribution is 2.39. The van der Waals surface area contributed by atoms with E-state index in [9.17, 15) is 14.7 Å². The van der Waals surface area contributed by atoms with Crippen LogP contribution in [0.4, 0.5) is 0 Å². The molecule has 1 aliphatic rings. The van der Waals surface area contributed by atoms with Crippen molar-refractivity contribution in [3.05, 3.63) is 70.6 Å². The molecule has 0 saturated carbocycles. The lowest BCUT2D eigenvalue weighted by molar-refractivity contribution is -0.140. The molecule has 1 fully saturated rings. The maximum atomic E-state index is 12.8. The van der Waals surface area contributed by atoms with Crippen LogP contribution in [0, 0.1) is 13.8 Å². The molecule has 1 saturated heterocycles. The summed E-state index contributed by atoms with van der Waals surface area (Å²) < 4.78 is 0. The lowest BCUT2D eigenvalue weighted by atomic mass is 9.95. The Balaban J connectivity index is 2.20. The van der Waals surface area contributed by atoms with Crippen LogP contribution in [0.25, 0.3) is 5.76 Å². The quantitative estimate of drug-likeness (QED) is 0.496. The van der Waals surface area contributed by atoms with Crippen molar-refractivity contribution in [2.24, 2.45) is 0 Å². The number of rotatable bonds is 5. The van der Waals surface area contributed by atoms with Crippen molar-refractivity contribution < 1.29 is 14.7 Å². The minimum Gasteiger partial charge on any atom is -0.507 e. The van der Waals surface area contributed by atoms with Gasteiger partial charge >= 0.3 is 0 Å². The molecule has 5 heteroatoms. The monoisotopic (exact) mass is 364 g/mol. The molecular formula is C22H24N2O3. The molecular weight excluding hydrogens is 340 g/mol. The molecule has 1 N–H and O–H groups in total. The largest absolute Gasteiger partial charge is 0.507 e. The molecule has 2 aromatic rings. The van der Waals surface area contributed by atoms with E-state index < -0.39 is 17.7 Å². The van der Waals surface area contributed by atoms with Crippen LogP contribution >= 0.6 is 0 Å². The summed E-state index contributed by atoms with van der Waals surface area (Å²) >= 11 is 0.